The molecule has 2 atom stereocenters. The van der Waals surface area contributed by atoms with Crippen molar-refractivity contribution in [1.82, 2.24) is 10.2 Å². The maximum atomic E-state index is 5.20. The first-order chi connectivity index (χ1) is 8.22. The van der Waals surface area contributed by atoms with Gasteiger partial charge in [0.1, 0.15) is 5.75 Å². The van der Waals surface area contributed by atoms with E-state index < -0.39 is 0 Å². The van der Waals surface area contributed by atoms with E-state index in [-0.39, 0.29) is 0 Å². The molecule has 0 amide bonds. The number of nitrogens with zero attached hydrogens (tertiary/aromatic N) is 1. The van der Waals surface area contributed by atoms with Crippen LogP contribution in [0.4, 0.5) is 0 Å². The Balaban J connectivity index is 2.17. The lowest BCUT2D eigenvalue weighted by atomic mass is 9.86. The van der Waals surface area contributed by atoms with Crippen LogP contribution in [0.5, 0.6) is 5.75 Å². The summed E-state index contributed by atoms with van der Waals surface area (Å²) in [5, 5.41) is 3.49. The standard InChI is InChI=1S/C14H22N2O/c1-16(2)14-8-9-15-10-13(14)11-4-6-12(17-3)7-5-11/h4-7,13-15H,8-10H2,1-3H3. The molecule has 94 valence electrons. The lowest BCUT2D eigenvalue weighted by molar-refractivity contribution is 0.209. The van der Waals surface area contributed by atoms with Gasteiger partial charge in [0, 0.05) is 18.5 Å². The number of likely N-dealkylation sites (N-methyl/N-ethyl adjacent to an activating group) is 1. The Labute approximate surface area is 104 Å². The van der Waals surface area contributed by atoms with Crippen molar-refractivity contribution in [3.05, 3.63) is 29.8 Å². The van der Waals surface area contributed by atoms with Crippen LogP contribution in [0.1, 0.15) is 17.9 Å². The summed E-state index contributed by atoms with van der Waals surface area (Å²) >= 11 is 0. The van der Waals surface area contributed by atoms with Gasteiger partial charge in [0.2, 0.25) is 0 Å². The third kappa shape index (κ3) is 2.79. The number of methoxy groups -OCH3 is 1. The SMILES string of the molecule is COc1ccc(C2CNCCC2N(C)C)cc1. The van der Waals surface area contributed by atoms with Crippen LogP contribution in [0.15, 0.2) is 24.3 Å². The van der Waals surface area contributed by atoms with Crippen molar-refractivity contribution in [2.45, 2.75) is 18.4 Å². The Hall–Kier alpha value is -1.06. The monoisotopic (exact) mass is 234 g/mol. The lowest BCUT2D eigenvalue weighted by Crippen LogP contribution is -2.45. The van der Waals surface area contributed by atoms with E-state index in [1.807, 2.05) is 0 Å². The lowest BCUT2D eigenvalue weighted by Gasteiger charge is -2.37. The van der Waals surface area contributed by atoms with Gasteiger partial charge >= 0.3 is 0 Å². The first-order valence-electron chi connectivity index (χ1n) is 6.23. The van der Waals surface area contributed by atoms with Crippen LogP contribution in [-0.4, -0.2) is 45.2 Å². The first-order valence-corrected chi connectivity index (χ1v) is 6.23. The Bertz CT molecular complexity index is 348. The predicted octanol–water partition coefficient (Wildman–Crippen LogP) is 1.70. The molecule has 0 bridgehead atoms. The van der Waals surface area contributed by atoms with Crippen LogP contribution in [0.25, 0.3) is 0 Å². The topological polar surface area (TPSA) is 24.5 Å². The van der Waals surface area contributed by atoms with Crippen LogP contribution >= 0.6 is 0 Å². The summed E-state index contributed by atoms with van der Waals surface area (Å²) in [5.74, 6) is 1.50. The van der Waals surface area contributed by atoms with E-state index in [4.69, 9.17) is 4.74 Å². The Kier molecular flexibility index (Phi) is 4.02. The van der Waals surface area contributed by atoms with Gasteiger partial charge in [0.05, 0.1) is 7.11 Å². The molecule has 2 unspecified atom stereocenters. The number of benzene rings is 1. The molecule has 1 aromatic rings. The van der Waals surface area contributed by atoms with Crippen LogP contribution in [-0.2, 0) is 0 Å². The van der Waals surface area contributed by atoms with Gasteiger partial charge in [-0.2, -0.15) is 0 Å². The Morgan fingerprint density at radius 3 is 2.53 bits per heavy atom. The van der Waals surface area contributed by atoms with Crippen LogP contribution < -0.4 is 10.1 Å². The highest BCUT2D eigenvalue weighted by atomic mass is 16.5. The highest BCUT2D eigenvalue weighted by molar-refractivity contribution is 5.30. The molecule has 1 aliphatic heterocycles. The van der Waals surface area contributed by atoms with Gasteiger partial charge < -0.3 is 15.0 Å². The molecule has 1 N–H and O–H groups in total. The summed E-state index contributed by atoms with van der Waals surface area (Å²) in [5.41, 5.74) is 1.40. The second-order valence-electron chi connectivity index (χ2n) is 4.90. The van der Waals surface area contributed by atoms with E-state index in [1.54, 1.807) is 7.11 Å². The largest absolute Gasteiger partial charge is 0.497 e. The Morgan fingerprint density at radius 2 is 1.94 bits per heavy atom. The Morgan fingerprint density at radius 1 is 1.24 bits per heavy atom. The smallest absolute Gasteiger partial charge is 0.118 e. The minimum absolute atomic E-state index is 0.574. The van der Waals surface area contributed by atoms with Gasteiger partial charge in [-0.05, 0) is 44.8 Å². The zero-order valence-corrected chi connectivity index (χ0v) is 10.9. The fourth-order valence-corrected chi connectivity index (χ4v) is 2.65. The fraction of sp³-hybridized carbons (Fsp3) is 0.571. The average Bonchev–Trinajstić information content (AvgIpc) is 2.39. The summed E-state index contributed by atoms with van der Waals surface area (Å²) in [6.45, 7) is 2.19. The first kappa shape index (κ1) is 12.4. The minimum atomic E-state index is 0.574. The molecule has 3 heteroatoms. The molecule has 0 radical (unpaired) electrons. The zero-order chi connectivity index (χ0) is 12.3. The summed E-state index contributed by atoms with van der Waals surface area (Å²) in [6.07, 6.45) is 1.21. The van der Waals surface area contributed by atoms with E-state index in [0.29, 0.717) is 12.0 Å². The van der Waals surface area contributed by atoms with Crippen molar-refractivity contribution in [1.29, 1.82) is 0 Å². The van der Waals surface area contributed by atoms with Gasteiger partial charge in [-0.3, -0.25) is 0 Å². The minimum Gasteiger partial charge on any atom is -0.497 e. The van der Waals surface area contributed by atoms with Gasteiger partial charge in [-0.1, -0.05) is 12.1 Å². The van der Waals surface area contributed by atoms with Gasteiger partial charge in [-0.25, -0.2) is 0 Å². The van der Waals surface area contributed by atoms with E-state index in [9.17, 15) is 0 Å². The molecule has 0 saturated carbocycles. The molecule has 0 aliphatic carbocycles. The highest BCUT2D eigenvalue weighted by Gasteiger charge is 2.27. The van der Waals surface area contributed by atoms with Crippen LogP contribution in [0, 0.1) is 0 Å². The molecule has 1 aromatic carbocycles. The quantitative estimate of drug-likeness (QED) is 0.861. The second kappa shape index (κ2) is 5.52. The maximum absolute atomic E-state index is 5.20. The third-order valence-corrected chi connectivity index (χ3v) is 3.65. The molecule has 0 spiro atoms. The van der Waals surface area contributed by atoms with Crippen molar-refractivity contribution in [2.75, 3.05) is 34.3 Å². The molecule has 2 rings (SSSR count). The molecule has 0 aromatic heterocycles. The number of ether oxygens (including phenoxy) is 1. The van der Waals surface area contributed by atoms with Gasteiger partial charge in [0.25, 0.3) is 0 Å². The van der Waals surface area contributed by atoms with E-state index >= 15 is 0 Å². The molecule has 1 aliphatic rings. The van der Waals surface area contributed by atoms with Crippen molar-refractivity contribution < 1.29 is 4.74 Å². The summed E-state index contributed by atoms with van der Waals surface area (Å²) in [7, 11) is 6.05. The van der Waals surface area contributed by atoms with E-state index in [2.05, 4.69) is 48.6 Å². The summed E-state index contributed by atoms with van der Waals surface area (Å²) in [4.78, 5) is 2.34. The number of piperidine rings is 1. The van der Waals surface area contributed by atoms with Gasteiger partial charge in [-0.15, -0.1) is 0 Å². The number of nitrogens with one attached hydrogen (secondary N) is 1. The third-order valence-electron chi connectivity index (χ3n) is 3.65. The zero-order valence-electron chi connectivity index (χ0n) is 10.9. The summed E-state index contributed by atoms with van der Waals surface area (Å²) in [6, 6.07) is 9.11. The number of hydrogen-bond acceptors (Lipinski definition) is 3. The molecule has 17 heavy (non-hydrogen) atoms. The molecule has 1 saturated heterocycles. The average molecular weight is 234 g/mol. The van der Waals surface area contributed by atoms with Crippen LogP contribution in [0.2, 0.25) is 0 Å². The maximum Gasteiger partial charge on any atom is 0.118 e. The van der Waals surface area contributed by atoms with Crippen molar-refractivity contribution in [2.24, 2.45) is 0 Å². The van der Waals surface area contributed by atoms with Gasteiger partial charge in [0.15, 0.2) is 0 Å². The van der Waals surface area contributed by atoms with E-state index in [0.717, 1.165) is 18.8 Å². The van der Waals surface area contributed by atoms with E-state index in [1.165, 1.54) is 12.0 Å². The molecular formula is C14H22N2O. The summed E-state index contributed by atoms with van der Waals surface area (Å²) < 4.78 is 5.20. The molecule has 1 heterocycles. The molecule has 1 fully saturated rings. The fourth-order valence-electron chi connectivity index (χ4n) is 2.65. The van der Waals surface area contributed by atoms with Crippen molar-refractivity contribution in [3.8, 4) is 5.75 Å². The number of hydrogen-bond donors (Lipinski definition) is 1. The second-order valence-corrected chi connectivity index (χ2v) is 4.90. The molecular weight excluding hydrogens is 212 g/mol. The highest BCUT2D eigenvalue weighted by Crippen LogP contribution is 2.27. The predicted molar refractivity (Wildman–Crippen MR) is 70.7 cm³/mol. The normalized spacial score (nSPS) is 24.9. The van der Waals surface area contributed by atoms with Crippen molar-refractivity contribution in [3.63, 3.8) is 0 Å². The van der Waals surface area contributed by atoms with Crippen molar-refractivity contribution >= 4 is 0 Å². The molecule has 3 nitrogen and oxygen atoms in total. The van der Waals surface area contributed by atoms with Crippen LogP contribution in [0.3, 0.4) is 0 Å². The number of rotatable bonds is 3.